The fraction of sp³-hybridized carbons (Fsp3) is 0.519. The van der Waals surface area contributed by atoms with Crippen molar-refractivity contribution in [1.82, 2.24) is 10.2 Å². The number of hydrogen-bond donors (Lipinski definition) is 2. The second-order valence-electron chi connectivity index (χ2n) is 10.9. The fourth-order valence-electron chi connectivity index (χ4n) is 4.25. The maximum Gasteiger partial charge on any atom is 0.251 e. The zero-order valence-electron chi connectivity index (χ0n) is 20.0. The first kappa shape index (κ1) is 23.3. The number of carbonyl (C=O) groups excluding carboxylic acids is 1. The van der Waals surface area contributed by atoms with Gasteiger partial charge in [-0.3, -0.25) is 9.69 Å². The largest absolute Gasteiger partial charge is 0.507 e. The summed E-state index contributed by atoms with van der Waals surface area (Å²) in [5.74, 6) is 0.267. The van der Waals surface area contributed by atoms with Crippen molar-refractivity contribution in [3.8, 4) is 5.75 Å². The Morgan fingerprint density at radius 3 is 1.97 bits per heavy atom. The first-order valence-corrected chi connectivity index (χ1v) is 11.4. The number of carbonyl (C=O) groups is 1. The summed E-state index contributed by atoms with van der Waals surface area (Å²) >= 11 is 0. The molecule has 168 valence electrons. The van der Waals surface area contributed by atoms with Gasteiger partial charge < -0.3 is 10.4 Å². The minimum absolute atomic E-state index is 0.0440. The van der Waals surface area contributed by atoms with Crippen LogP contribution in [0.5, 0.6) is 5.75 Å². The molecule has 4 heteroatoms. The quantitative estimate of drug-likeness (QED) is 0.695. The van der Waals surface area contributed by atoms with Crippen molar-refractivity contribution >= 4 is 5.91 Å². The molecule has 2 aromatic carbocycles. The number of nitrogens with zero attached hydrogens (tertiary/aromatic N) is 1. The summed E-state index contributed by atoms with van der Waals surface area (Å²) in [6, 6.07) is 14.5. The van der Waals surface area contributed by atoms with Crippen molar-refractivity contribution in [3.05, 3.63) is 64.7 Å². The molecular weight excluding hydrogens is 384 g/mol. The number of likely N-dealkylation sites (tertiary alicyclic amines) is 1. The van der Waals surface area contributed by atoms with Crippen molar-refractivity contribution in [2.45, 2.75) is 77.8 Å². The molecule has 4 nitrogen and oxygen atoms in total. The van der Waals surface area contributed by atoms with Crippen LogP contribution in [0.2, 0.25) is 0 Å². The number of hydrogen-bond acceptors (Lipinski definition) is 3. The standard InChI is InChI=1S/C27H38N2O2/c1-26(2,3)22-16-20(17-23(24(22)30)27(4,5)6)25(31)28-21-12-14-29(15-13-21)18-19-10-8-7-9-11-19/h7-11,16-17,21,30H,12-15,18H2,1-6H3,(H,28,31). The third kappa shape index (κ3) is 5.88. The average Bonchev–Trinajstić information content (AvgIpc) is 2.68. The topological polar surface area (TPSA) is 52.6 Å². The lowest BCUT2D eigenvalue weighted by Crippen LogP contribution is -2.44. The number of aromatic hydroxyl groups is 1. The fourth-order valence-corrected chi connectivity index (χ4v) is 4.25. The van der Waals surface area contributed by atoms with Crippen LogP contribution in [-0.4, -0.2) is 35.0 Å². The monoisotopic (exact) mass is 422 g/mol. The van der Waals surface area contributed by atoms with Gasteiger partial charge in [-0.15, -0.1) is 0 Å². The molecule has 0 bridgehead atoms. The van der Waals surface area contributed by atoms with Crippen LogP contribution in [0.1, 0.15) is 81.4 Å². The lowest BCUT2D eigenvalue weighted by Gasteiger charge is -2.33. The van der Waals surface area contributed by atoms with E-state index in [0.717, 1.165) is 43.6 Å². The van der Waals surface area contributed by atoms with Gasteiger partial charge in [-0.2, -0.15) is 0 Å². The highest BCUT2D eigenvalue weighted by molar-refractivity contribution is 5.95. The zero-order valence-corrected chi connectivity index (χ0v) is 20.0. The molecule has 1 aliphatic rings. The van der Waals surface area contributed by atoms with E-state index < -0.39 is 0 Å². The lowest BCUT2D eigenvalue weighted by molar-refractivity contribution is 0.0908. The molecule has 0 aliphatic carbocycles. The Hall–Kier alpha value is -2.33. The van der Waals surface area contributed by atoms with Gasteiger partial charge in [0.25, 0.3) is 5.91 Å². The molecule has 2 N–H and O–H groups in total. The summed E-state index contributed by atoms with van der Waals surface area (Å²) in [4.78, 5) is 15.6. The molecule has 1 amide bonds. The summed E-state index contributed by atoms with van der Waals surface area (Å²) in [7, 11) is 0. The normalized spacial score (nSPS) is 16.3. The van der Waals surface area contributed by atoms with E-state index in [0.29, 0.717) is 11.3 Å². The van der Waals surface area contributed by atoms with Crippen LogP contribution in [0.25, 0.3) is 0 Å². The number of phenols is 1. The van der Waals surface area contributed by atoms with E-state index in [-0.39, 0.29) is 22.8 Å². The minimum atomic E-state index is -0.247. The van der Waals surface area contributed by atoms with Gasteiger partial charge in [-0.25, -0.2) is 0 Å². The van der Waals surface area contributed by atoms with Crippen LogP contribution in [0.3, 0.4) is 0 Å². The minimum Gasteiger partial charge on any atom is -0.507 e. The second-order valence-corrected chi connectivity index (χ2v) is 10.9. The van der Waals surface area contributed by atoms with E-state index in [2.05, 4.69) is 76.0 Å². The predicted octanol–water partition coefficient (Wildman–Crippen LogP) is 5.38. The molecule has 0 saturated carbocycles. The van der Waals surface area contributed by atoms with Crippen LogP contribution < -0.4 is 5.32 Å². The van der Waals surface area contributed by atoms with Crippen molar-refractivity contribution in [2.75, 3.05) is 13.1 Å². The SMILES string of the molecule is CC(C)(C)c1cc(C(=O)NC2CCN(Cc3ccccc3)CC2)cc(C(C)(C)C)c1O. The Balaban J connectivity index is 1.69. The van der Waals surface area contributed by atoms with Crippen LogP contribution >= 0.6 is 0 Å². The molecule has 31 heavy (non-hydrogen) atoms. The smallest absolute Gasteiger partial charge is 0.251 e. The van der Waals surface area contributed by atoms with Gasteiger partial charge >= 0.3 is 0 Å². The molecule has 2 aromatic rings. The molecule has 1 fully saturated rings. The number of phenolic OH excluding ortho intramolecular Hbond substituents is 1. The summed E-state index contributed by atoms with van der Waals surface area (Å²) in [6.07, 6.45) is 1.91. The number of nitrogens with one attached hydrogen (secondary N) is 1. The maximum absolute atomic E-state index is 13.1. The van der Waals surface area contributed by atoms with Crippen LogP contribution in [0, 0.1) is 0 Å². The summed E-state index contributed by atoms with van der Waals surface area (Å²) in [6.45, 7) is 15.3. The third-order valence-corrected chi connectivity index (χ3v) is 6.16. The Labute approximate surface area is 187 Å². The zero-order chi connectivity index (χ0) is 22.8. The molecule has 3 rings (SSSR count). The first-order chi connectivity index (χ1) is 14.4. The molecule has 0 unspecified atom stereocenters. The number of rotatable bonds is 4. The molecular formula is C27H38N2O2. The van der Waals surface area contributed by atoms with Crippen molar-refractivity contribution in [1.29, 1.82) is 0 Å². The molecule has 0 spiro atoms. The van der Waals surface area contributed by atoms with Crippen LogP contribution in [0.4, 0.5) is 0 Å². The lowest BCUT2D eigenvalue weighted by atomic mass is 9.78. The van der Waals surface area contributed by atoms with E-state index in [1.165, 1.54) is 5.56 Å². The maximum atomic E-state index is 13.1. The molecule has 1 heterocycles. The molecule has 1 saturated heterocycles. The Bertz CT molecular complexity index is 864. The highest BCUT2D eigenvalue weighted by atomic mass is 16.3. The van der Waals surface area contributed by atoms with E-state index >= 15 is 0 Å². The van der Waals surface area contributed by atoms with Crippen LogP contribution in [-0.2, 0) is 17.4 Å². The summed E-state index contributed by atoms with van der Waals surface area (Å²) in [5.41, 5.74) is 3.12. The first-order valence-electron chi connectivity index (χ1n) is 11.4. The number of benzene rings is 2. The Kier molecular flexibility index (Phi) is 6.80. The van der Waals surface area contributed by atoms with Gasteiger partial charge in [0.15, 0.2) is 0 Å². The molecule has 0 atom stereocenters. The van der Waals surface area contributed by atoms with Gasteiger partial charge in [0.1, 0.15) is 5.75 Å². The van der Waals surface area contributed by atoms with Crippen molar-refractivity contribution in [3.63, 3.8) is 0 Å². The Morgan fingerprint density at radius 1 is 0.968 bits per heavy atom. The number of piperidine rings is 1. The van der Waals surface area contributed by atoms with Gasteiger partial charge in [-0.05, 0) is 41.4 Å². The van der Waals surface area contributed by atoms with E-state index in [4.69, 9.17) is 0 Å². The van der Waals surface area contributed by atoms with Crippen LogP contribution in [0.15, 0.2) is 42.5 Å². The van der Waals surface area contributed by atoms with Gasteiger partial charge in [0.2, 0.25) is 0 Å². The molecule has 0 aromatic heterocycles. The number of amides is 1. The van der Waals surface area contributed by atoms with E-state index in [9.17, 15) is 9.90 Å². The third-order valence-electron chi connectivity index (χ3n) is 6.16. The predicted molar refractivity (Wildman–Crippen MR) is 128 cm³/mol. The molecule has 1 aliphatic heterocycles. The van der Waals surface area contributed by atoms with Crippen molar-refractivity contribution in [2.24, 2.45) is 0 Å². The average molecular weight is 423 g/mol. The van der Waals surface area contributed by atoms with E-state index in [1.807, 2.05) is 18.2 Å². The van der Waals surface area contributed by atoms with Gasteiger partial charge in [0.05, 0.1) is 0 Å². The highest BCUT2D eigenvalue weighted by Crippen LogP contribution is 2.39. The second kappa shape index (κ2) is 9.04. The van der Waals surface area contributed by atoms with Gasteiger partial charge in [-0.1, -0.05) is 71.9 Å². The van der Waals surface area contributed by atoms with Gasteiger partial charge in [0, 0.05) is 42.4 Å². The molecule has 0 radical (unpaired) electrons. The summed E-state index contributed by atoms with van der Waals surface area (Å²) in [5, 5.41) is 14.1. The van der Waals surface area contributed by atoms with E-state index in [1.54, 1.807) is 0 Å². The Morgan fingerprint density at radius 2 is 1.48 bits per heavy atom. The van der Waals surface area contributed by atoms with Crippen molar-refractivity contribution < 1.29 is 9.90 Å². The summed E-state index contributed by atoms with van der Waals surface area (Å²) < 4.78 is 0. The highest BCUT2D eigenvalue weighted by Gasteiger charge is 2.28.